The first kappa shape index (κ1) is 38.1. The van der Waals surface area contributed by atoms with Gasteiger partial charge in [0.05, 0.1) is 5.56 Å². The molecule has 14 nitrogen and oxygen atoms in total. The van der Waals surface area contributed by atoms with Gasteiger partial charge in [-0.15, -0.1) is 0 Å². The molecule has 6 rings (SSSR count). The normalized spacial score (nSPS) is 14.1. The number of benzene rings is 3. The van der Waals surface area contributed by atoms with Gasteiger partial charge in [-0.25, -0.2) is 19.2 Å². The average Bonchev–Trinajstić information content (AvgIpc) is 3.91. The summed E-state index contributed by atoms with van der Waals surface area (Å²) < 4.78 is 18.2. The van der Waals surface area contributed by atoms with Gasteiger partial charge in [0.15, 0.2) is 5.78 Å². The average molecular weight is 705 g/mol. The Morgan fingerprint density at radius 1 is 0.588 bits per heavy atom. The number of para-hydroxylation sites is 1. The number of carbonyl (C=O) groups excluding carboxylic acids is 1. The topological polar surface area (TPSA) is 204 Å². The van der Waals surface area contributed by atoms with E-state index in [1.54, 1.807) is 0 Å². The summed E-state index contributed by atoms with van der Waals surface area (Å²) in [7, 11) is 0. The van der Waals surface area contributed by atoms with Crippen LogP contribution in [0, 0.1) is 0 Å². The van der Waals surface area contributed by atoms with Crippen LogP contribution < -0.4 is 9.47 Å². The Kier molecular flexibility index (Phi) is 14.1. The summed E-state index contributed by atoms with van der Waals surface area (Å²) in [4.78, 5) is 55.1. The SMILES string of the molecule is O=C(O)C(=O)O.O=C(O)C(=O)O.O=C(c1ccc(OCCN2CCCC2)cc1)c1c(-c2ccc(OCCN3CCCC3)cc2)oc2ccccc12. The predicted octanol–water partition coefficient (Wildman–Crippen LogP) is 4.59. The molecule has 2 aliphatic heterocycles. The number of fused-ring (bicyclic) bond motifs is 1. The van der Waals surface area contributed by atoms with Gasteiger partial charge < -0.3 is 34.3 Å². The van der Waals surface area contributed by atoms with Gasteiger partial charge in [-0.1, -0.05) is 18.2 Å². The zero-order valence-electron chi connectivity index (χ0n) is 27.9. The summed E-state index contributed by atoms with van der Waals surface area (Å²) in [5, 5.41) is 30.4. The number of furan rings is 1. The highest BCUT2D eigenvalue weighted by Gasteiger charge is 2.23. The molecule has 0 unspecified atom stereocenters. The van der Waals surface area contributed by atoms with E-state index in [4.69, 9.17) is 53.5 Å². The molecule has 0 atom stereocenters. The van der Waals surface area contributed by atoms with E-state index in [-0.39, 0.29) is 5.78 Å². The molecule has 0 spiro atoms. The minimum Gasteiger partial charge on any atom is -0.492 e. The fraction of sp³-hybridized carbons (Fsp3) is 0.324. The van der Waals surface area contributed by atoms with Crippen LogP contribution in [-0.4, -0.2) is 112 Å². The third kappa shape index (κ3) is 11.4. The number of carboxylic acid groups (broad SMARTS) is 4. The van der Waals surface area contributed by atoms with Crippen LogP contribution in [0.1, 0.15) is 41.6 Å². The largest absolute Gasteiger partial charge is 0.492 e. The van der Waals surface area contributed by atoms with Crippen molar-refractivity contribution in [1.82, 2.24) is 9.80 Å². The number of carboxylic acids is 4. The minimum atomic E-state index is -1.82. The lowest BCUT2D eigenvalue weighted by molar-refractivity contribution is -0.159. The third-order valence-corrected chi connectivity index (χ3v) is 8.17. The molecule has 51 heavy (non-hydrogen) atoms. The van der Waals surface area contributed by atoms with Gasteiger partial charge in [0, 0.05) is 29.6 Å². The Bertz CT molecular complexity index is 1740. The highest BCUT2D eigenvalue weighted by atomic mass is 16.5. The first-order chi connectivity index (χ1) is 24.5. The number of hydrogen-bond acceptors (Lipinski definition) is 10. The Balaban J connectivity index is 0.000000420. The van der Waals surface area contributed by atoms with E-state index < -0.39 is 23.9 Å². The van der Waals surface area contributed by atoms with Gasteiger partial charge in [-0.2, -0.15) is 0 Å². The second kappa shape index (κ2) is 18.9. The van der Waals surface area contributed by atoms with Gasteiger partial charge in [-0.05, 0) is 106 Å². The van der Waals surface area contributed by atoms with Crippen molar-refractivity contribution in [1.29, 1.82) is 0 Å². The highest BCUT2D eigenvalue weighted by molar-refractivity contribution is 6.28. The lowest BCUT2D eigenvalue weighted by Gasteiger charge is -2.15. The molecule has 0 aliphatic carbocycles. The summed E-state index contributed by atoms with van der Waals surface area (Å²) in [5.41, 5.74) is 2.74. The van der Waals surface area contributed by atoms with Crippen molar-refractivity contribution in [3.05, 3.63) is 83.9 Å². The van der Waals surface area contributed by atoms with Crippen LogP contribution in [0.4, 0.5) is 0 Å². The molecular formula is C37H40N2O12. The van der Waals surface area contributed by atoms with Crippen molar-refractivity contribution < 1.29 is 58.3 Å². The Morgan fingerprint density at radius 3 is 1.47 bits per heavy atom. The summed E-state index contributed by atoms with van der Waals surface area (Å²) in [6.07, 6.45) is 5.12. The van der Waals surface area contributed by atoms with Crippen molar-refractivity contribution in [2.75, 3.05) is 52.5 Å². The number of likely N-dealkylation sites (tertiary alicyclic amines) is 2. The maximum atomic E-state index is 13.8. The number of ketones is 1. The molecule has 2 aliphatic rings. The van der Waals surface area contributed by atoms with E-state index in [1.165, 1.54) is 38.8 Å². The van der Waals surface area contributed by atoms with Crippen molar-refractivity contribution in [3.8, 4) is 22.8 Å². The molecule has 270 valence electrons. The number of nitrogens with zero attached hydrogens (tertiary/aromatic N) is 2. The Hall–Kier alpha value is -5.73. The molecule has 3 aromatic carbocycles. The minimum absolute atomic E-state index is 0.0653. The van der Waals surface area contributed by atoms with Crippen molar-refractivity contribution in [2.45, 2.75) is 25.7 Å². The monoisotopic (exact) mass is 704 g/mol. The number of hydrogen-bond donors (Lipinski definition) is 4. The van der Waals surface area contributed by atoms with Crippen LogP contribution in [0.3, 0.4) is 0 Å². The molecule has 14 heteroatoms. The fourth-order valence-electron chi connectivity index (χ4n) is 5.62. The predicted molar refractivity (Wildman–Crippen MR) is 184 cm³/mol. The highest BCUT2D eigenvalue weighted by Crippen LogP contribution is 2.36. The van der Waals surface area contributed by atoms with Crippen LogP contribution in [0.25, 0.3) is 22.3 Å². The quantitative estimate of drug-likeness (QED) is 0.125. The van der Waals surface area contributed by atoms with Gasteiger partial charge in [0.2, 0.25) is 0 Å². The molecule has 0 bridgehead atoms. The number of carbonyl (C=O) groups is 5. The van der Waals surface area contributed by atoms with E-state index in [0.29, 0.717) is 35.7 Å². The first-order valence-corrected chi connectivity index (χ1v) is 16.4. The second-order valence-electron chi connectivity index (χ2n) is 11.7. The molecule has 0 amide bonds. The molecule has 1 aromatic heterocycles. The zero-order chi connectivity index (χ0) is 36.8. The van der Waals surface area contributed by atoms with Gasteiger partial charge >= 0.3 is 23.9 Å². The molecular weight excluding hydrogens is 664 g/mol. The van der Waals surface area contributed by atoms with Gasteiger partial charge in [-0.3, -0.25) is 14.6 Å². The van der Waals surface area contributed by atoms with E-state index in [9.17, 15) is 4.79 Å². The van der Waals surface area contributed by atoms with Crippen LogP contribution in [0.5, 0.6) is 11.5 Å². The Morgan fingerprint density at radius 2 is 1.02 bits per heavy atom. The maximum Gasteiger partial charge on any atom is 0.414 e. The first-order valence-electron chi connectivity index (χ1n) is 16.4. The second-order valence-corrected chi connectivity index (χ2v) is 11.7. The maximum absolute atomic E-state index is 13.8. The summed E-state index contributed by atoms with van der Waals surface area (Å²) in [5.74, 6) is -5.18. The Labute approximate surface area is 293 Å². The van der Waals surface area contributed by atoms with Gasteiger partial charge in [0.25, 0.3) is 0 Å². The van der Waals surface area contributed by atoms with Crippen LogP contribution in [0.15, 0.2) is 77.2 Å². The summed E-state index contributed by atoms with van der Waals surface area (Å²) >= 11 is 0. The molecule has 4 aromatic rings. The molecule has 0 radical (unpaired) electrons. The fourth-order valence-corrected chi connectivity index (χ4v) is 5.62. The molecule has 4 N–H and O–H groups in total. The van der Waals surface area contributed by atoms with Crippen LogP contribution in [0.2, 0.25) is 0 Å². The summed E-state index contributed by atoms with van der Waals surface area (Å²) in [6.45, 7) is 7.87. The lowest BCUT2D eigenvalue weighted by Crippen LogP contribution is -2.25. The molecule has 2 fully saturated rings. The smallest absolute Gasteiger partial charge is 0.414 e. The van der Waals surface area contributed by atoms with E-state index >= 15 is 0 Å². The third-order valence-electron chi connectivity index (χ3n) is 8.17. The molecule has 3 heterocycles. The van der Waals surface area contributed by atoms with Crippen molar-refractivity contribution in [2.24, 2.45) is 0 Å². The standard InChI is InChI=1S/C33H36N2O4.2C2H2O4/c36-32(25-9-13-27(14-10-25)37-23-21-34-17-3-4-18-34)31-29-7-1-2-8-30(29)39-33(31)26-11-15-28(16-12-26)38-24-22-35-19-5-6-20-35;2*3-1(4)2(5)6/h1-2,7-16H,3-6,17-24H2;2*(H,3,4)(H,5,6). The number of ether oxygens (including phenoxy) is 2. The van der Waals surface area contributed by atoms with Crippen LogP contribution in [-0.2, 0) is 19.2 Å². The van der Waals surface area contributed by atoms with E-state index in [2.05, 4.69) is 9.80 Å². The number of rotatable bonds is 11. The van der Waals surface area contributed by atoms with E-state index in [0.717, 1.165) is 48.6 Å². The summed E-state index contributed by atoms with van der Waals surface area (Å²) in [6, 6.07) is 23.0. The van der Waals surface area contributed by atoms with Crippen molar-refractivity contribution in [3.63, 3.8) is 0 Å². The number of aliphatic carboxylic acids is 4. The molecule has 0 saturated carbocycles. The van der Waals surface area contributed by atoms with Crippen LogP contribution >= 0.6 is 0 Å². The molecule has 2 saturated heterocycles. The zero-order valence-corrected chi connectivity index (χ0v) is 27.9. The van der Waals surface area contributed by atoms with Crippen molar-refractivity contribution >= 4 is 40.6 Å². The van der Waals surface area contributed by atoms with E-state index in [1.807, 2.05) is 72.8 Å². The van der Waals surface area contributed by atoms with Gasteiger partial charge in [0.1, 0.15) is 36.1 Å². The lowest BCUT2D eigenvalue weighted by atomic mass is 9.97.